The van der Waals surface area contributed by atoms with Crippen molar-refractivity contribution < 1.29 is 13.2 Å². The summed E-state index contributed by atoms with van der Waals surface area (Å²) in [5.41, 5.74) is 0.124. The van der Waals surface area contributed by atoms with Gasteiger partial charge in [0.05, 0.1) is 4.90 Å². The van der Waals surface area contributed by atoms with Gasteiger partial charge in [-0.2, -0.15) is 0 Å². The Kier molecular flexibility index (Phi) is 4.87. The number of hydrogen-bond acceptors (Lipinski definition) is 5. The molecule has 1 amide bonds. The number of pyridine rings is 1. The Morgan fingerprint density at radius 3 is 2.48 bits per heavy atom. The van der Waals surface area contributed by atoms with Crippen LogP contribution in [0.4, 0.5) is 0 Å². The first-order valence-corrected chi connectivity index (χ1v) is 8.84. The van der Waals surface area contributed by atoms with Crippen LogP contribution >= 0.6 is 23.4 Å². The van der Waals surface area contributed by atoms with Crippen molar-refractivity contribution in [2.75, 3.05) is 6.26 Å². The van der Waals surface area contributed by atoms with Crippen LogP contribution in [0.25, 0.3) is 0 Å². The molecule has 5 nitrogen and oxygen atoms in total. The molecule has 0 aliphatic heterocycles. The number of amides is 1. The molecule has 0 aliphatic rings. The highest BCUT2D eigenvalue weighted by Gasteiger charge is 2.18. The summed E-state index contributed by atoms with van der Waals surface area (Å²) in [5, 5.41) is 0.115. The van der Waals surface area contributed by atoms with Gasteiger partial charge in [0, 0.05) is 16.7 Å². The molecular weight excluding hydrogens is 332 g/mol. The molecule has 8 heteroatoms. The van der Waals surface area contributed by atoms with E-state index < -0.39 is 15.9 Å². The maximum atomic E-state index is 12.1. The highest BCUT2D eigenvalue weighted by atomic mass is 35.5. The third-order valence-electron chi connectivity index (χ3n) is 2.59. The smallest absolute Gasteiger partial charge is 0.265 e. The number of nitrogens with zero attached hydrogens (tertiary/aromatic N) is 1. The minimum absolute atomic E-state index is 0.0220. The van der Waals surface area contributed by atoms with Crippen LogP contribution in [0.3, 0.4) is 0 Å². The number of sulfonamides is 1. The zero-order chi connectivity index (χ0) is 15.5. The van der Waals surface area contributed by atoms with Crippen molar-refractivity contribution in [2.24, 2.45) is 0 Å². The van der Waals surface area contributed by atoms with Crippen molar-refractivity contribution >= 4 is 39.3 Å². The molecule has 1 aromatic heterocycles. The molecule has 0 saturated carbocycles. The molecule has 0 aliphatic carbocycles. The number of carbonyl (C=O) groups is 1. The molecule has 1 aromatic carbocycles. The standard InChI is InChI=1S/C13H11ClN2O3S2/c1-20-10-2-4-11(5-3-10)21(18,19)16-13(17)9-6-7-15-12(14)8-9/h2-8H,1H3,(H,16,17). The van der Waals surface area contributed by atoms with Gasteiger partial charge in [-0.3, -0.25) is 4.79 Å². The number of halogens is 1. The average molecular weight is 343 g/mol. The second kappa shape index (κ2) is 6.46. The van der Waals surface area contributed by atoms with E-state index in [1.807, 2.05) is 11.0 Å². The summed E-state index contributed by atoms with van der Waals surface area (Å²) >= 11 is 7.16. The molecule has 0 atom stereocenters. The molecule has 0 radical (unpaired) electrons. The van der Waals surface area contributed by atoms with Gasteiger partial charge in [0.2, 0.25) is 0 Å². The maximum Gasteiger partial charge on any atom is 0.265 e. The van der Waals surface area contributed by atoms with Crippen LogP contribution in [-0.2, 0) is 10.0 Å². The van der Waals surface area contributed by atoms with E-state index in [1.54, 1.807) is 12.1 Å². The molecule has 0 saturated heterocycles. The van der Waals surface area contributed by atoms with Gasteiger partial charge < -0.3 is 0 Å². The Labute approximate surface area is 131 Å². The summed E-state index contributed by atoms with van der Waals surface area (Å²) in [7, 11) is -3.92. The Balaban J connectivity index is 2.22. The Morgan fingerprint density at radius 1 is 1.24 bits per heavy atom. The number of thioether (sulfide) groups is 1. The van der Waals surface area contributed by atoms with Crippen molar-refractivity contribution in [2.45, 2.75) is 9.79 Å². The average Bonchev–Trinajstić information content (AvgIpc) is 2.47. The molecule has 21 heavy (non-hydrogen) atoms. The number of nitrogens with one attached hydrogen (secondary N) is 1. The Bertz CT molecular complexity index is 761. The first kappa shape index (κ1) is 15.8. The van der Waals surface area contributed by atoms with Gasteiger partial charge >= 0.3 is 0 Å². The molecule has 0 unspecified atom stereocenters. The molecule has 0 spiro atoms. The van der Waals surface area contributed by atoms with E-state index in [0.29, 0.717) is 0 Å². The summed E-state index contributed by atoms with van der Waals surface area (Å²) in [6.07, 6.45) is 3.22. The normalized spacial score (nSPS) is 11.1. The van der Waals surface area contributed by atoms with E-state index in [1.165, 1.54) is 42.2 Å². The van der Waals surface area contributed by atoms with Crippen LogP contribution in [0.15, 0.2) is 52.4 Å². The predicted octanol–water partition coefficient (Wildman–Crippen LogP) is 2.58. The minimum Gasteiger partial charge on any atom is -0.268 e. The molecule has 1 N–H and O–H groups in total. The highest BCUT2D eigenvalue weighted by molar-refractivity contribution is 7.98. The number of carbonyl (C=O) groups excluding carboxylic acids is 1. The summed E-state index contributed by atoms with van der Waals surface area (Å²) in [6, 6.07) is 8.92. The van der Waals surface area contributed by atoms with Crippen LogP contribution < -0.4 is 4.72 Å². The van der Waals surface area contributed by atoms with Crippen molar-refractivity contribution in [3.8, 4) is 0 Å². The van der Waals surface area contributed by atoms with Gasteiger partial charge in [-0.1, -0.05) is 11.6 Å². The lowest BCUT2D eigenvalue weighted by Crippen LogP contribution is -2.30. The topological polar surface area (TPSA) is 76.1 Å². The maximum absolute atomic E-state index is 12.1. The number of rotatable bonds is 4. The van der Waals surface area contributed by atoms with Gasteiger partial charge in [0.25, 0.3) is 15.9 Å². The van der Waals surface area contributed by atoms with Gasteiger partial charge in [-0.15, -0.1) is 11.8 Å². The predicted molar refractivity (Wildman–Crippen MR) is 82.1 cm³/mol. The van der Waals surface area contributed by atoms with E-state index in [9.17, 15) is 13.2 Å². The van der Waals surface area contributed by atoms with Gasteiger partial charge in [-0.25, -0.2) is 18.1 Å². The van der Waals surface area contributed by atoms with Gasteiger partial charge in [0.15, 0.2) is 0 Å². The van der Waals surface area contributed by atoms with Crippen molar-refractivity contribution in [3.63, 3.8) is 0 Å². The molecule has 2 rings (SSSR count). The molecular formula is C13H11ClN2O3S2. The second-order valence-corrected chi connectivity index (χ2v) is 6.93. The van der Waals surface area contributed by atoms with E-state index >= 15 is 0 Å². The molecule has 0 fully saturated rings. The third-order valence-corrected chi connectivity index (χ3v) is 4.88. The first-order valence-electron chi connectivity index (χ1n) is 5.75. The zero-order valence-corrected chi connectivity index (χ0v) is 13.3. The molecule has 2 aromatic rings. The fraction of sp³-hybridized carbons (Fsp3) is 0.0769. The highest BCUT2D eigenvalue weighted by Crippen LogP contribution is 2.18. The lowest BCUT2D eigenvalue weighted by molar-refractivity contribution is 0.0981. The van der Waals surface area contributed by atoms with Crippen molar-refractivity contribution in [3.05, 3.63) is 53.3 Å². The lowest BCUT2D eigenvalue weighted by Gasteiger charge is -2.07. The summed E-state index contributed by atoms with van der Waals surface area (Å²) in [4.78, 5) is 16.6. The van der Waals surface area contributed by atoms with E-state index in [0.717, 1.165) is 4.90 Å². The van der Waals surface area contributed by atoms with E-state index in [4.69, 9.17) is 11.6 Å². The third kappa shape index (κ3) is 3.96. The number of benzene rings is 1. The van der Waals surface area contributed by atoms with Crippen LogP contribution in [0.2, 0.25) is 5.15 Å². The monoisotopic (exact) mass is 342 g/mol. The fourth-order valence-electron chi connectivity index (χ4n) is 1.54. The zero-order valence-electron chi connectivity index (χ0n) is 10.9. The summed E-state index contributed by atoms with van der Waals surface area (Å²) in [6.45, 7) is 0. The van der Waals surface area contributed by atoms with E-state index in [2.05, 4.69) is 4.98 Å². The molecule has 1 heterocycles. The lowest BCUT2D eigenvalue weighted by atomic mass is 10.3. The minimum atomic E-state index is -3.92. The first-order chi connectivity index (χ1) is 9.92. The van der Waals surface area contributed by atoms with E-state index in [-0.39, 0.29) is 15.6 Å². The largest absolute Gasteiger partial charge is 0.268 e. The SMILES string of the molecule is CSc1ccc(S(=O)(=O)NC(=O)c2ccnc(Cl)c2)cc1. The fourth-order valence-corrected chi connectivity index (χ4v) is 3.09. The van der Waals surface area contributed by atoms with Crippen molar-refractivity contribution in [1.82, 2.24) is 9.71 Å². The van der Waals surface area contributed by atoms with Gasteiger partial charge in [-0.05, 0) is 42.7 Å². The van der Waals surface area contributed by atoms with Crippen LogP contribution in [0, 0.1) is 0 Å². The van der Waals surface area contributed by atoms with Crippen LogP contribution in [0.1, 0.15) is 10.4 Å². The van der Waals surface area contributed by atoms with Gasteiger partial charge in [0.1, 0.15) is 5.15 Å². The van der Waals surface area contributed by atoms with Crippen molar-refractivity contribution in [1.29, 1.82) is 0 Å². The Hall–Kier alpha value is -1.57. The second-order valence-electron chi connectivity index (χ2n) is 3.98. The summed E-state index contributed by atoms with van der Waals surface area (Å²) < 4.78 is 26.2. The Morgan fingerprint density at radius 2 is 1.90 bits per heavy atom. The quantitative estimate of drug-likeness (QED) is 0.682. The molecule has 110 valence electrons. The number of hydrogen-bond donors (Lipinski definition) is 1. The van der Waals surface area contributed by atoms with Crippen LogP contribution in [-0.4, -0.2) is 25.6 Å². The molecule has 0 bridgehead atoms. The number of aromatic nitrogens is 1. The summed E-state index contributed by atoms with van der Waals surface area (Å²) in [5.74, 6) is -0.756. The van der Waals surface area contributed by atoms with Crippen LogP contribution in [0.5, 0.6) is 0 Å².